The van der Waals surface area contributed by atoms with E-state index in [0.717, 1.165) is 19.6 Å². The van der Waals surface area contributed by atoms with Crippen LogP contribution in [0.15, 0.2) is 18.3 Å². The zero-order valence-corrected chi connectivity index (χ0v) is 12.4. The Bertz CT molecular complexity index is 353. The van der Waals surface area contributed by atoms with Gasteiger partial charge in [-0.25, -0.2) is 0 Å². The average Bonchev–Trinajstić information content (AvgIpc) is 2.88. The number of likely N-dealkylation sites (N-methyl/N-ethyl adjacent to an activating group) is 1. The third kappa shape index (κ3) is 4.64. The topological polar surface area (TPSA) is 23.4 Å². The molecule has 0 radical (unpaired) electrons. The van der Waals surface area contributed by atoms with Gasteiger partial charge in [0.2, 0.25) is 0 Å². The molecule has 108 valence electrons. The van der Waals surface area contributed by atoms with Crippen molar-refractivity contribution >= 4 is 0 Å². The molecule has 1 aromatic rings. The number of aryl methyl sites for hydroxylation is 1. The van der Waals surface area contributed by atoms with Crippen molar-refractivity contribution in [3.63, 3.8) is 0 Å². The van der Waals surface area contributed by atoms with Crippen LogP contribution in [-0.2, 0) is 13.1 Å². The van der Waals surface area contributed by atoms with Gasteiger partial charge in [0, 0.05) is 51.2 Å². The lowest BCUT2D eigenvalue weighted by Gasteiger charge is -2.32. The molecule has 4 nitrogen and oxygen atoms in total. The van der Waals surface area contributed by atoms with Crippen molar-refractivity contribution in [3.05, 3.63) is 24.0 Å². The first-order chi connectivity index (χ1) is 9.29. The summed E-state index contributed by atoms with van der Waals surface area (Å²) < 4.78 is 2.30. The minimum atomic E-state index is 0.990. The molecule has 4 heteroatoms. The number of nitrogens with one attached hydrogen (secondary N) is 1. The maximum absolute atomic E-state index is 3.55. The van der Waals surface area contributed by atoms with Gasteiger partial charge in [-0.1, -0.05) is 0 Å². The molecule has 1 fully saturated rings. The Morgan fingerprint density at radius 2 is 2.00 bits per heavy atom. The predicted molar refractivity (Wildman–Crippen MR) is 80.4 cm³/mol. The third-order valence-corrected chi connectivity index (χ3v) is 3.99. The van der Waals surface area contributed by atoms with Crippen LogP contribution < -0.4 is 5.32 Å². The summed E-state index contributed by atoms with van der Waals surface area (Å²) in [6.07, 6.45) is 3.40. The van der Waals surface area contributed by atoms with Gasteiger partial charge in [0.15, 0.2) is 0 Å². The van der Waals surface area contributed by atoms with Crippen molar-refractivity contribution in [2.75, 3.05) is 46.3 Å². The summed E-state index contributed by atoms with van der Waals surface area (Å²) in [5.41, 5.74) is 1.39. The molecule has 1 aliphatic heterocycles. The van der Waals surface area contributed by atoms with E-state index in [1.807, 2.05) is 0 Å². The fourth-order valence-electron chi connectivity index (χ4n) is 2.63. The largest absolute Gasteiger partial charge is 0.351 e. The Kier molecular flexibility index (Phi) is 5.89. The van der Waals surface area contributed by atoms with Crippen molar-refractivity contribution in [1.82, 2.24) is 19.7 Å². The maximum Gasteiger partial charge on any atom is 0.0359 e. The van der Waals surface area contributed by atoms with Gasteiger partial charge >= 0.3 is 0 Å². The summed E-state index contributed by atoms with van der Waals surface area (Å²) in [4.78, 5) is 4.99. The molecule has 1 aromatic heterocycles. The van der Waals surface area contributed by atoms with Crippen molar-refractivity contribution < 1.29 is 0 Å². The van der Waals surface area contributed by atoms with Crippen LogP contribution in [0.25, 0.3) is 0 Å². The monoisotopic (exact) mass is 264 g/mol. The third-order valence-electron chi connectivity index (χ3n) is 3.99. The standard InChI is InChI=1S/C15H28N4/c1-3-19-9-4-6-15(19)14-16-7-5-8-18-12-10-17(2)11-13-18/h4,6,9,16H,3,5,7-8,10-14H2,1-2H3. The van der Waals surface area contributed by atoms with Gasteiger partial charge in [-0.15, -0.1) is 0 Å². The molecule has 19 heavy (non-hydrogen) atoms. The molecule has 0 amide bonds. The van der Waals surface area contributed by atoms with Gasteiger partial charge < -0.3 is 19.7 Å². The van der Waals surface area contributed by atoms with E-state index < -0.39 is 0 Å². The van der Waals surface area contributed by atoms with Gasteiger partial charge in [0.1, 0.15) is 0 Å². The van der Waals surface area contributed by atoms with E-state index in [9.17, 15) is 0 Å². The Morgan fingerprint density at radius 1 is 1.21 bits per heavy atom. The summed E-state index contributed by atoms with van der Waals surface area (Å²) in [6.45, 7) is 11.5. The van der Waals surface area contributed by atoms with Crippen LogP contribution in [0.3, 0.4) is 0 Å². The molecule has 1 N–H and O–H groups in total. The Morgan fingerprint density at radius 3 is 2.74 bits per heavy atom. The maximum atomic E-state index is 3.55. The van der Waals surface area contributed by atoms with Crippen LogP contribution in [0.2, 0.25) is 0 Å². The molecule has 0 spiro atoms. The lowest BCUT2D eigenvalue weighted by Crippen LogP contribution is -2.45. The fraction of sp³-hybridized carbons (Fsp3) is 0.733. The van der Waals surface area contributed by atoms with E-state index >= 15 is 0 Å². The highest BCUT2D eigenvalue weighted by Gasteiger charge is 2.12. The zero-order valence-electron chi connectivity index (χ0n) is 12.4. The van der Waals surface area contributed by atoms with Gasteiger partial charge in [-0.3, -0.25) is 0 Å². The summed E-state index contributed by atoms with van der Waals surface area (Å²) in [7, 11) is 2.21. The molecule has 1 aliphatic rings. The smallest absolute Gasteiger partial charge is 0.0359 e. The van der Waals surface area contributed by atoms with Crippen LogP contribution in [0.4, 0.5) is 0 Å². The van der Waals surface area contributed by atoms with E-state index in [4.69, 9.17) is 0 Å². The van der Waals surface area contributed by atoms with Crippen LogP contribution in [0.5, 0.6) is 0 Å². The number of rotatable bonds is 7. The van der Waals surface area contributed by atoms with E-state index in [1.54, 1.807) is 0 Å². The number of hydrogen-bond donors (Lipinski definition) is 1. The summed E-state index contributed by atoms with van der Waals surface area (Å²) in [6, 6.07) is 4.34. The van der Waals surface area contributed by atoms with E-state index in [2.05, 4.69) is 52.0 Å². The Balaban J connectivity index is 1.55. The van der Waals surface area contributed by atoms with E-state index in [1.165, 1.54) is 44.8 Å². The minimum Gasteiger partial charge on any atom is -0.351 e. The zero-order chi connectivity index (χ0) is 13.5. The first kappa shape index (κ1) is 14.6. The predicted octanol–water partition coefficient (Wildman–Crippen LogP) is 1.24. The molecule has 0 bridgehead atoms. The molecular formula is C15H28N4. The normalized spacial score (nSPS) is 18.0. The molecule has 2 rings (SSSR count). The second-order valence-corrected chi connectivity index (χ2v) is 5.46. The molecule has 0 unspecified atom stereocenters. The van der Waals surface area contributed by atoms with Gasteiger partial charge in [-0.2, -0.15) is 0 Å². The van der Waals surface area contributed by atoms with Gasteiger partial charge in [-0.05, 0) is 45.6 Å². The van der Waals surface area contributed by atoms with E-state index in [-0.39, 0.29) is 0 Å². The Hall–Kier alpha value is -0.840. The van der Waals surface area contributed by atoms with E-state index in [0.29, 0.717) is 0 Å². The first-order valence-electron chi connectivity index (χ1n) is 7.55. The summed E-state index contributed by atoms with van der Waals surface area (Å²) >= 11 is 0. The summed E-state index contributed by atoms with van der Waals surface area (Å²) in [5, 5.41) is 3.55. The second-order valence-electron chi connectivity index (χ2n) is 5.46. The summed E-state index contributed by atoms with van der Waals surface area (Å²) in [5.74, 6) is 0. The van der Waals surface area contributed by atoms with Crippen LogP contribution in [0, 0.1) is 0 Å². The van der Waals surface area contributed by atoms with Crippen molar-refractivity contribution in [1.29, 1.82) is 0 Å². The number of hydrogen-bond acceptors (Lipinski definition) is 3. The van der Waals surface area contributed by atoms with Crippen LogP contribution in [0.1, 0.15) is 19.0 Å². The molecular weight excluding hydrogens is 236 g/mol. The quantitative estimate of drug-likeness (QED) is 0.750. The number of nitrogens with zero attached hydrogens (tertiary/aromatic N) is 3. The molecule has 0 aliphatic carbocycles. The fourth-order valence-corrected chi connectivity index (χ4v) is 2.63. The second kappa shape index (κ2) is 7.68. The molecule has 0 aromatic carbocycles. The minimum absolute atomic E-state index is 0.990. The lowest BCUT2D eigenvalue weighted by molar-refractivity contribution is 0.152. The molecule has 0 saturated carbocycles. The first-order valence-corrected chi connectivity index (χ1v) is 7.55. The van der Waals surface area contributed by atoms with Crippen molar-refractivity contribution in [2.45, 2.75) is 26.4 Å². The number of piperazine rings is 1. The highest BCUT2D eigenvalue weighted by atomic mass is 15.2. The lowest BCUT2D eigenvalue weighted by atomic mass is 10.3. The van der Waals surface area contributed by atoms with Crippen molar-refractivity contribution in [2.24, 2.45) is 0 Å². The van der Waals surface area contributed by atoms with Crippen LogP contribution in [-0.4, -0.2) is 60.7 Å². The molecule has 1 saturated heterocycles. The number of aromatic nitrogens is 1. The highest BCUT2D eigenvalue weighted by molar-refractivity contribution is 5.06. The van der Waals surface area contributed by atoms with Crippen LogP contribution >= 0.6 is 0 Å². The van der Waals surface area contributed by atoms with Gasteiger partial charge in [0.25, 0.3) is 0 Å². The highest BCUT2D eigenvalue weighted by Crippen LogP contribution is 2.02. The SMILES string of the molecule is CCn1cccc1CNCCCN1CCN(C)CC1. The Labute approximate surface area is 117 Å². The molecule has 0 atom stereocenters. The average molecular weight is 264 g/mol. The van der Waals surface area contributed by atoms with Crippen molar-refractivity contribution in [3.8, 4) is 0 Å². The molecule has 2 heterocycles. The van der Waals surface area contributed by atoms with Gasteiger partial charge in [0.05, 0.1) is 0 Å².